The Morgan fingerprint density at radius 2 is 1.69 bits per heavy atom. The molecule has 0 aliphatic heterocycles. The molecule has 29 heavy (non-hydrogen) atoms. The van der Waals surface area contributed by atoms with E-state index < -0.39 is 0 Å². The number of halogens is 1. The Balaban J connectivity index is 1.70. The third-order valence-electron chi connectivity index (χ3n) is 4.61. The summed E-state index contributed by atoms with van der Waals surface area (Å²) in [6.45, 7) is 8.34. The predicted octanol–water partition coefficient (Wildman–Crippen LogP) is 5.04. The molecule has 0 fully saturated rings. The quantitative estimate of drug-likeness (QED) is 0.597. The highest BCUT2D eigenvalue weighted by Gasteiger charge is 2.20. The van der Waals surface area contributed by atoms with E-state index in [4.69, 9.17) is 0 Å². The highest BCUT2D eigenvalue weighted by atomic mass is 32.2. The molecule has 1 aromatic heterocycles. The van der Waals surface area contributed by atoms with Crippen molar-refractivity contribution in [2.45, 2.75) is 43.5 Å². The number of hydrogen-bond donors (Lipinski definition) is 1. The van der Waals surface area contributed by atoms with E-state index in [1.807, 2.05) is 23.7 Å². The smallest absolute Gasteiger partial charge is 0.237 e. The van der Waals surface area contributed by atoms with Crippen LogP contribution in [0.15, 0.2) is 53.7 Å². The summed E-state index contributed by atoms with van der Waals surface area (Å²) >= 11 is 1.33. The van der Waals surface area contributed by atoms with Gasteiger partial charge in [-0.3, -0.25) is 4.79 Å². The molecule has 5 nitrogen and oxygen atoms in total. The van der Waals surface area contributed by atoms with E-state index in [0.717, 1.165) is 11.4 Å². The van der Waals surface area contributed by atoms with E-state index in [-0.39, 0.29) is 22.4 Å². The van der Waals surface area contributed by atoms with Crippen LogP contribution >= 0.6 is 11.8 Å². The number of aromatic nitrogens is 3. The van der Waals surface area contributed by atoms with Crippen LogP contribution in [0.3, 0.4) is 0 Å². The molecular formula is C22H25FN4OS. The fraction of sp³-hybridized carbons (Fsp3) is 0.318. The van der Waals surface area contributed by atoms with Gasteiger partial charge in [0.1, 0.15) is 5.82 Å². The maximum atomic E-state index is 13.0. The molecule has 0 bridgehead atoms. The lowest BCUT2D eigenvalue weighted by Gasteiger charge is -2.19. The molecule has 1 atom stereocenters. The molecule has 7 heteroatoms. The van der Waals surface area contributed by atoms with Gasteiger partial charge in [0.2, 0.25) is 5.91 Å². The SMILES string of the molecule is CC(Sc1nnc(-c2ccc(C(C)(C)C)cc2)n1C)C(=O)Nc1ccc(F)cc1. The molecule has 1 N–H and O–H groups in total. The molecule has 3 aromatic rings. The van der Waals surface area contributed by atoms with Crippen LogP contribution in [0.5, 0.6) is 0 Å². The Bertz CT molecular complexity index is 991. The van der Waals surface area contributed by atoms with Crippen LogP contribution in [-0.2, 0) is 17.3 Å². The first kappa shape index (κ1) is 21.0. The molecule has 2 aromatic carbocycles. The summed E-state index contributed by atoms with van der Waals surface area (Å²) in [7, 11) is 1.89. The predicted molar refractivity (Wildman–Crippen MR) is 115 cm³/mol. The lowest BCUT2D eigenvalue weighted by Crippen LogP contribution is -2.22. The highest BCUT2D eigenvalue weighted by Crippen LogP contribution is 2.28. The standard InChI is InChI=1S/C22H25FN4OS/c1-14(20(28)24-18-12-10-17(23)11-13-18)29-21-26-25-19(27(21)5)15-6-8-16(9-7-15)22(2,3)4/h6-14H,1-5H3,(H,24,28). The minimum Gasteiger partial charge on any atom is -0.325 e. The second kappa shape index (κ2) is 8.37. The van der Waals surface area contributed by atoms with E-state index in [1.54, 1.807) is 6.92 Å². The lowest BCUT2D eigenvalue weighted by molar-refractivity contribution is -0.115. The van der Waals surface area contributed by atoms with Crippen LogP contribution in [0.4, 0.5) is 10.1 Å². The fourth-order valence-electron chi connectivity index (χ4n) is 2.78. The molecule has 0 spiro atoms. The van der Waals surface area contributed by atoms with Gasteiger partial charge in [0.25, 0.3) is 0 Å². The van der Waals surface area contributed by atoms with Gasteiger partial charge in [-0.25, -0.2) is 4.39 Å². The van der Waals surface area contributed by atoms with Crippen molar-refractivity contribution >= 4 is 23.4 Å². The van der Waals surface area contributed by atoms with E-state index >= 15 is 0 Å². The second-order valence-electron chi connectivity index (χ2n) is 7.95. The van der Waals surface area contributed by atoms with E-state index in [1.165, 1.54) is 41.6 Å². The van der Waals surface area contributed by atoms with Crippen molar-refractivity contribution in [3.05, 3.63) is 59.9 Å². The molecular weight excluding hydrogens is 387 g/mol. The Hall–Kier alpha value is -2.67. The Labute approximate surface area is 174 Å². The van der Waals surface area contributed by atoms with Crippen molar-refractivity contribution in [3.8, 4) is 11.4 Å². The zero-order valence-electron chi connectivity index (χ0n) is 17.2. The maximum absolute atomic E-state index is 13.0. The number of nitrogens with one attached hydrogen (secondary N) is 1. The summed E-state index contributed by atoms with van der Waals surface area (Å²) in [5.41, 5.74) is 2.88. The van der Waals surface area contributed by atoms with Gasteiger partial charge in [-0.15, -0.1) is 10.2 Å². The van der Waals surface area contributed by atoms with Gasteiger partial charge >= 0.3 is 0 Å². The average molecular weight is 413 g/mol. The molecule has 152 valence electrons. The molecule has 1 heterocycles. The maximum Gasteiger partial charge on any atom is 0.237 e. The molecule has 0 saturated carbocycles. The first-order valence-electron chi connectivity index (χ1n) is 9.38. The summed E-state index contributed by atoms with van der Waals surface area (Å²) in [5.74, 6) is 0.229. The van der Waals surface area contributed by atoms with Gasteiger partial charge in [-0.2, -0.15) is 0 Å². The van der Waals surface area contributed by atoms with Crippen LogP contribution in [0, 0.1) is 5.82 Å². The van der Waals surface area contributed by atoms with Crippen LogP contribution in [0.1, 0.15) is 33.3 Å². The number of thioether (sulfide) groups is 1. The molecule has 1 amide bonds. The fourth-order valence-corrected chi connectivity index (χ4v) is 3.59. The summed E-state index contributed by atoms with van der Waals surface area (Å²) in [6, 6.07) is 14.0. The number of benzene rings is 2. The monoisotopic (exact) mass is 412 g/mol. The average Bonchev–Trinajstić information content (AvgIpc) is 3.03. The minimum atomic E-state index is -0.390. The van der Waals surface area contributed by atoms with E-state index in [2.05, 4.69) is 48.4 Å². The zero-order valence-corrected chi connectivity index (χ0v) is 18.0. The third kappa shape index (κ3) is 5.03. The van der Waals surface area contributed by atoms with Crippen molar-refractivity contribution in [2.75, 3.05) is 5.32 Å². The molecule has 0 aliphatic carbocycles. The molecule has 0 aliphatic rings. The van der Waals surface area contributed by atoms with Gasteiger partial charge in [0.05, 0.1) is 5.25 Å². The number of anilines is 1. The summed E-state index contributed by atoms with van der Waals surface area (Å²) in [4.78, 5) is 12.4. The number of nitrogens with zero attached hydrogens (tertiary/aromatic N) is 3. The van der Waals surface area contributed by atoms with Gasteiger partial charge in [-0.1, -0.05) is 56.8 Å². The van der Waals surface area contributed by atoms with Crippen molar-refractivity contribution in [2.24, 2.45) is 7.05 Å². The summed E-state index contributed by atoms with van der Waals surface area (Å²) in [5, 5.41) is 11.6. The number of hydrogen-bond acceptors (Lipinski definition) is 4. The highest BCUT2D eigenvalue weighted by molar-refractivity contribution is 8.00. The molecule has 3 rings (SSSR count). The normalized spacial score (nSPS) is 12.6. The van der Waals surface area contributed by atoms with Gasteiger partial charge in [0, 0.05) is 18.3 Å². The zero-order chi connectivity index (χ0) is 21.2. The van der Waals surface area contributed by atoms with E-state index in [0.29, 0.717) is 10.8 Å². The minimum absolute atomic E-state index is 0.0900. The summed E-state index contributed by atoms with van der Waals surface area (Å²) in [6.07, 6.45) is 0. The van der Waals surface area contributed by atoms with Gasteiger partial charge in [0.15, 0.2) is 11.0 Å². The van der Waals surface area contributed by atoms with Crippen molar-refractivity contribution in [1.29, 1.82) is 0 Å². The first-order valence-corrected chi connectivity index (χ1v) is 10.3. The van der Waals surface area contributed by atoms with Crippen molar-refractivity contribution in [1.82, 2.24) is 14.8 Å². The summed E-state index contributed by atoms with van der Waals surface area (Å²) < 4.78 is 14.9. The topological polar surface area (TPSA) is 59.8 Å². The van der Waals surface area contributed by atoms with Gasteiger partial charge in [-0.05, 0) is 42.2 Å². The van der Waals surface area contributed by atoms with Crippen LogP contribution in [0.2, 0.25) is 0 Å². The number of amides is 1. The number of rotatable bonds is 5. The Morgan fingerprint density at radius 3 is 2.28 bits per heavy atom. The molecule has 0 saturated heterocycles. The van der Waals surface area contributed by atoms with Crippen LogP contribution in [-0.4, -0.2) is 25.9 Å². The lowest BCUT2D eigenvalue weighted by atomic mass is 9.87. The van der Waals surface area contributed by atoms with E-state index in [9.17, 15) is 9.18 Å². The van der Waals surface area contributed by atoms with Crippen molar-refractivity contribution in [3.63, 3.8) is 0 Å². The van der Waals surface area contributed by atoms with Crippen molar-refractivity contribution < 1.29 is 9.18 Å². The first-order chi connectivity index (χ1) is 13.6. The van der Waals surface area contributed by atoms with Gasteiger partial charge < -0.3 is 9.88 Å². The van der Waals surface area contributed by atoms with Crippen LogP contribution in [0.25, 0.3) is 11.4 Å². The van der Waals surface area contributed by atoms with Crippen LogP contribution < -0.4 is 5.32 Å². The second-order valence-corrected chi connectivity index (χ2v) is 9.26. The largest absolute Gasteiger partial charge is 0.325 e. The molecule has 0 radical (unpaired) electrons. The molecule has 1 unspecified atom stereocenters. The third-order valence-corrected chi connectivity index (χ3v) is 5.74. The number of carbonyl (C=O) groups excluding carboxylic acids is 1. The Morgan fingerprint density at radius 1 is 1.07 bits per heavy atom. The number of carbonyl (C=O) groups is 1. The Kier molecular flexibility index (Phi) is 6.07.